The number of nitrogens with zero attached hydrogens (tertiary/aromatic N) is 1. The molecule has 1 aromatic carbocycles. The molecule has 2 bridgehead atoms. The van der Waals surface area contributed by atoms with Gasteiger partial charge in [-0.3, -0.25) is 19.7 Å². The lowest BCUT2D eigenvalue weighted by atomic mass is 9.66. The molecular formula is C23H30N4O4. The van der Waals surface area contributed by atoms with Gasteiger partial charge in [-0.2, -0.15) is 0 Å². The van der Waals surface area contributed by atoms with Gasteiger partial charge in [-0.25, -0.2) is 0 Å². The van der Waals surface area contributed by atoms with Crippen LogP contribution in [0.2, 0.25) is 0 Å². The van der Waals surface area contributed by atoms with Gasteiger partial charge in [0.25, 0.3) is 5.91 Å². The van der Waals surface area contributed by atoms with E-state index in [-0.39, 0.29) is 35.2 Å². The van der Waals surface area contributed by atoms with Gasteiger partial charge >= 0.3 is 0 Å². The van der Waals surface area contributed by atoms with Crippen LogP contribution in [0.4, 0.5) is 0 Å². The number of carbonyl (C=O) groups is 3. The molecule has 4 heterocycles. The number of rotatable bonds is 6. The van der Waals surface area contributed by atoms with Crippen LogP contribution in [-0.4, -0.2) is 54.0 Å². The molecule has 0 aromatic heterocycles. The minimum absolute atomic E-state index is 0.0954. The maximum atomic E-state index is 13.0. The topological polar surface area (TPSA) is 114 Å². The summed E-state index contributed by atoms with van der Waals surface area (Å²) in [7, 11) is 0. The quantitative estimate of drug-likeness (QED) is 0.581. The van der Waals surface area contributed by atoms with Gasteiger partial charge < -0.3 is 20.7 Å². The zero-order valence-electron chi connectivity index (χ0n) is 17.7. The van der Waals surface area contributed by atoms with E-state index in [9.17, 15) is 14.4 Å². The predicted octanol–water partition coefficient (Wildman–Crippen LogP) is 0.825. The number of nitrogens with one attached hydrogen (secondary N) is 2. The maximum absolute atomic E-state index is 13.0. The zero-order valence-corrected chi connectivity index (χ0v) is 17.7. The molecule has 8 nitrogen and oxygen atoms in total. The third-order valence-corrected chi connectivity index (χ3v) is 7.77. The first-order valence-corrected chi connectivity index (χ1v) is 11.2. The number of amides is 3. The van der Waals surface area contributed by atoms with Gasteiger partial charge in [0.2, 0.25) is 11.8 Å². The molecule has 6 rings (SSSR count). The summed E-state index contributed by atoms with van der Waals surface area (Å²) in [5.41, 5.74) is 8.72. The molecule has 1 aliphatic carbocycles. The van der Waals surface area contributed by atoms with Gasteiger partial charge in [-0.1, -0.05) is 12.1 Å². The minimum Gasteiger partial charge on any atom is -0.373 e. The molecule has 5 aliphatic rings. The summed E-state index contributed by atoms with van der Waals surface area (Å²) >= 11 is 0. The van der Waals surface area contributed by atoms with E-state index in [1.807, 2.05) is 18.2 Å². The lowest BCUT2D eigenvalue weighted by molar-refractivity contribution is -0.176. The first-order valence-electron chi connectivity index (χ1n) is 11.2. The van der Waals surface area contributed by atoms with Gasteiger partial charge in [-0.05, 0) is 49.3 Å². The fraction of sp³-hybridized carbons (Fsp3) is 0.609. The van der Waals surface area contributed by atoms with Crippen molar-refractivity contribution in [2.24, 2.45) is 11.1 Å². The summed E-state index contributed by atoms with van der Waals surface area (Å²) < 4.78 is 6.13. The molecular weight excluding hydrogens is 396 g/mol. The van der Waals surface area contributed by atoms with E-state index < -0.39 is 6.04 Å². The fourth-order valence-corrected chi connectivity index (χ4v) is 5.60. The molecule has 1 atom stereocenters. The number of hydrogen-bond acceptors (Lipinski definition) is 6. The summed E-state index contributed by atoms with van der Waals surface area (Å²) in [6, 6.07) is 5.19. The Morgan fingerprint density at radius 2 is 2.00 bits per heavy atom. The monoisotopic (exact) mass is 426 g/mol. The molecule has 31 heavy (non-hydrogen) atoms. The number of imide groups is 1. The summed E-state index contributed by atoms with van der Waals surface area (Å²) in [5.74, 6) is -0.775. The van der Waals surface area contributed by atoms with Crippen LogP contribution >= 0.6 is 0 Å². The first kappa shape index (κ1) is 20.6. The van der Waals surface area contributed by atoms with Crippen molar-refractivity contribution >= 4 is 17.7 Å². The Labute approximate surface area is 181 Å². The molecule has 8 heteroatoms. The summed E-state index contributed by atoms with van der Waals surface area (Å²) in [6.07, 6.45) is 4.96. The van der Waals surface area contributed by atoms with Crippen LogP contribution in [0.25, 0.3) is 0 Å². The number of nitrogens with two attached hydrogens (primary N) is 1. The van der Waals surface area contributed by atoms with E-state index in [4.69, 9.17) is 10.5 Å². The van der Waals surface area contributed by atoms with Gasteiger partial charge in [-0.15, -0.1) is 0 Å². The Hall–Kier alpha value is -2.29. The van der Waals surface area contributed by atoms with Gasteiger partial charge in [0.1, 0.15) is 6.04 Å². The van der Waals surface area contributed by atoms with Crippen LogP contribution in [0.1, 0.15) is 60.0 Å². The molecule has 4 aliphatic heterocycles. The predicted molar refractivity (Wildman–Crippen MR) is 113 cm³/mol. The van der Waals surface area contributed by atoms with E-state index in [2.05, 4.69) is 10.6 Å². The average molecular weight is 427 g/mol. The number of carbonyl (C=O) groups excluding carboxylic acids is 3. The smallest absolute Gasteiger partial charge is 0.255 e. The number of hydrogen-bond donors (Lipinski definition) is 3. The highest BCUT2D eigenvalue weighted by Gasteiger charge is 2.48. The van der Waals surface area contributed by atoms with E-state index in [0.717, 1.165) is 50.0 Å². The number of fused-ring (bicyclic) bond motifs is 4. The van der Waals surface area contributed by atoms with E-state index in [1.54, 1.807) is 4.90 Å². The van der Waals surface area contributed by atoms with Gasteiger partial charge in [0.15, 0.2) is 0 Å². The second-order valence-corrected chi connectivity index (χ2v) is 9.62. The number of piperidine rings is 1. The molecule has 3 amide bonds. The minimum atomic E-state index is -0.582. The molecule has 0 radical (unpaired) electrons. The molecule has 1 saturated carbocycles. The van der Waals surface area contributed by atoms with E-state index >= 15 is 0 Å². The second kappa shape index (κ2) is 7.69. The van der Waals surface area contributed by atoms with Crippen molar-refractivity contribution in [2.75, 3.05) is 19.7 Å². The van der Waals surface area contributed by atoms with Crippen molar-refractivity contribution in [3.8, 4) is 0 Å². The van der Waals surface area contributed by atoms with Crippen molar-refractivity contribution in [3.63, 3.8) is 0 Å². The molecule has 166 valence electrons. The van der Waals surface area contributed by atoms with Crippen LogP contribution in [0, 0.1) is 5.41 Å². The van der Waals surface area contributed by atoms with Crippen LogP contribution in [-0.2, 0) is 27.4 Å². The maximum Gasteiger partial charge on any atom is 0.255 e. The number of benzene rings is 1. The highest BCUT2D eigenvalue weighted by molar-refractivity contribution is 6.05. The first-order chi connectivity index (χ1) is 14.9. The highest BCUT2D eigenvalue weighted by atomic mass is 16.5. The summed E-state index contributed by atoms with van der Waals surface area (Å²) in [5, 5.41) is 5.96. The van der Waals surface area contributed by atoms with E-state index in [0.29, 0.717) is 31.6 Å². The third-order valence-electron chi connectivity index (χ3n) is 7.77. The van der Waals surface area contributed by atoms with Crippen LogP contribution < -0.4 is 16.4 Å². The average Bonchev–Trinajstić information content (AvgIpc) is 3.12. The van der Waals surface area contributed by atoms with Crippen molar-refractivity contribution in [3.05, 3.63) is 34.9 Å². The summed E-state index contributed by atoms with van der Waals surface area (Å²) in [6.45, 7) is 3.31. The molecule has 1 unspecified atom stereocenters. The number of ether oxygens (including phenoxy) is 1. The third kappa shape index (κ3) is 3.56. The van der Waals surface area contributed by atoms with Crippen LogP contribution in [0.3, 0.4) is 0 Å². The fourth-order valence-electron chi connectivity index (χ4n) is 5.60. The molecule has 0 spiro atoms. The Bertz CT molecular complexity index is 906. The molecule has 1 aromatic rings. The van der Waals surface area contributed by atoms with E-state index in [1.165, 1.54) is 0 Å². The van der Waals surface area contributed by atoms with Gasteiger partial charge in [0.05, 0.1) is 12.2 Å². The Kier molecular flexibility index (Phi) is 5.11. The Balaban J connectivity index is 1.24. The largest absolute Gasteiger partial charge is 0.373 e. The van der Waals surface area contributed by atoms with Crippen molar-refractivity contribution in [2.45, 2.75) is 63.3 Å². The zero-order chi connectivity index (χ0) is 21.6. The molecule has 3 saturated heterocycles. The van der Waals surface area contributed by atoms with Crippen LogP contribution in [0.15, 0.2) is 18.2 Å². The highest BCUT2D eigenvalue weighted by Crippen LogP contribution is 2.48. The normalized spacial score (nSPS) is 32.4. The van der Waals surface area contributed by atoms with Crippen molar-refractivity contribution < 1.29 is 19.1 Å². The summed E-state index contributed by atoms with van der Waals surface area (Å²) in [4.78, 5) is 38.3. The lowest BCUT2D eigenvalue weighted by Crippen LogP contribution is -2.57. The molecule has 4 N–H and O–H groups in total. The van der Waals surface area contributed by atoms with Gasteiger partial charge in [0, 0.05) is 43.6 Å². The Morgan fingerprint density at radius 3 is 2.68 bits per heavy atom. The standard InChI is InChI=1S/C23H30N4O4/c24-12-23-8-6-22(7-9-23,14-31-23)13-25-10-15-2-1-3-16-17(15)11-27(21(16)30)18-4-5-19(28)26-20(18)29/h1-3,18,25H,4-14,24H2,(H,26,28,29). The van der Waals surface area contributed by atoms with Crippen LogP contribution in [0.5, 0.6) is 0 Å². The second-order valence-electron chi connectivity index (χ2n) is 9.62. The van der Waals surface area contributed by atoms with Crippen molar-refractivity contribution in [1.82, 2.24) is 15.5 Å². The lowest BCUT2D eigenvalue weighted by Gasteiger charge is -2.53. The van der Waals surface area contributed by atoms with Crippen molar-refractivity contribution in [1.29, 1.82) is 0 Å². The Morgan fingerprint density at radius 1 is 1.19 bits per heavy atom. The molecule has 4 fully saturated rings. The SMILES string of the molecule is NCC12CCC(CNCc3cccc4c3CN(C3CCC(=O)NC3=O)C4=O)(CC1)CO2.